The lowest BCUT2D eigenvalue weighted by atomic mass is 10.2. The van der Waals surface area contributed by atoms with Gasteiger partial charge in [-0.15, -0.1) is 0 Å². The van der Waals surface area contributed by atoms with Crippen molar-refractivity contribution in [2.45, 2.75) is 6.92 Å². The number of rotatable bonds is 5. The van der Waals surface area contributed by atoms with Gasteiger partial charge in [0.25, 0.3) is 0 Å². The van der Waals surface area contributed by atoms with Crippen molar-refractivity contribution in [3.8, 4) is 0 Å². The molecular weight excluding hydrogens is 310 g/mol. The van der Waals surface area contributed by atoms with Crippen molar-refractivity contribution in [3.05, 3.63) is 40.5 Å². The maximum absolute atomic E-state index is 11.4. The summed E-state index contributed by atoms with van der Waals surface area (Å²) in [5.41, 5.74) is 0.973. The molecule has 0 aliphatic carbocycles. The highest BCUT2D eigenvalue weighted by Crippen LogP contribution is 2.16. The summed E-state index contributed by atoms with van der Waals surface area (Å²) in [6, 6.07) is 7.37. The fourth-order valence-corrected chi connectivity index (χ4v) is 1.70. The van der Waals surface area contributed by atoms with Crippen LogP contribution in [0.5, 0.6) is 0 Å². The third-order valence-corrected chi connectivity index (χ3v) is 2.89. The summed E-state index contributed by atoms with van der Waals surface area (Å²) in [4.78, 5) is 22.0. The minimum atomic E-state index is -0.311. The number of hydrogen-bond donors (Lipinski definition) is 3. The topological polar surface area (TPSA) is 70.2 Å². The van der Waals surface area contributed by atoms with Crippen LogP contribution in [0.15, 0.2) is 34.9 Å². The Kier molecular flexibility index (Phi) is 6.67. The monoisotopic (exact) mass is 325 g/mol. The van der Waals surface area contributed by atoms with Gasteiger partial charge in [-0.3, -0.25) is 4.79 Å². The normalized spacial score (nSPS) is 10.2. The molecule has 1 aromatic rings. The molecule has 3 N–H and O–H groups in total. The van der Waals surface area contributed by atoms with Gasteiger partial charge < -0.3 is 16.0 Å². The molecule has 102 valence electrons. The van der Waals surface area contributed by atoms with Gasteiger partial charge in [-0.05, 0) is 17.7 Å². The summed E-state index contributed by atoms with van der Waals surface area (Å²) >= 11 is 3.41. The predicted octanol–water partition coefficient (Wildman–Crippen LogP) is 1.86. The van der Waals surface area contributed by atoms with Crippen molar-refractivity contribution in [1.29, 1.82) is 0 Å². The van der Waals surface area contributed by atoms with Crippen LogP contribution in [0.2, 0.25) is 0 Å². The zero-order chi connectivity index (χ0) is 14.1. The fraction of sp³-hybridized carbons (Fsp3) is 0.231. The first-order chi connectivity index (χ1) is 9.09. The summed E-state index contributed by atoms with van der Waals surface area (Å²) in [7, 11) is 0. The van der Waals surface area contributed by atoms with Gasteiger partial charge in [0.2, 0.25) is 5.91 Å². The minimum Gasteiger partial charge on any atom is -0.355 e. The quantitative estimate of drug-likeness (QED) is 0.723. The molecule has 1 rings (SSSR count). The van der Waals surface area contributed by atoms with Gasteiger partial charge in [-0.25, -0.2) is 4.79 Å². The molecule has 0 bridgehead atoms. The van der Waals surface area contributed by atoms with Gasteiger partial charge >= 0.3 is 6.03 Å². The Morgan fingerprint density at radius 2 is 1.89 bits per heavy atom. The van der Waals surface area contributed by atoms with E-state index in [1.165, 1.54) is 6.92 Å². The van der Waals surface area contributed by atoms with Crippen LogP contribution in [-0.2, 0) is 4.79 Å². The summed E-state index contributed by atoms with van der Waals surface area (Å²) < 4.78 is 0.958. The van der Waals surface area contributed by atoms with E-state index in [4.69, 9.17) is 0 Å². The van der Waals surface area contributed by atoms with E-state index in [0.717, 1.165) is 10.0 Å². The van der Waals surface area contributed by atoms with Gasteiger partial charge in [-0.1, -0.05) is 34.1 Å². The summed E-state index contributed by atoms with van der Waals surface area (Å²) in [5, 5.41) is 7.78. The number of benzene rings is 1. The lowest BCUT2D eigenvalue weighted by molar-refractivity contribution is -0.118. The van der Waals surface area contributed by atoms with Crippen molar-refractivity contribution in [1.82, 2.24) is 16.0 Å². The Balaban J connectivity index is 2.27. The van der Waals surface area contributed by atoms with Crippen LogP contribution in [0.25, 0.3) is 6.08 Å². The Bertz CT molecular complexity index is 475. The largest absolute Gasteiger partial charge is 0.355 e. The van der Waals surface area contributed by atoms with Crippen LogP contribution < -0.4 is 16.0 Å². The van der Waals surface area contributed by atoms with E-state index >= 15 is 0 Å². The maximum Gasteiger partial charge on any atom is 0.318 e. The molecule has 0 saturated carbocycles. The third-order valence-electron chi connectivity index (χ3n) is 2.17. The van der Waals surface area contributed by atoms with Crippen molar-refractivity contribution < 1.29 is 9.59 Å². The van der Waals surface area contributed by atoms with Gasteiger partial charge in [0, 0.05) is 30.7 Å². The van der Waals surface area contributed by atoms with E-state index < -0.39 is 0 Å². The highest BCUT2D eigenvalue weighted by atomic mass is 79.9. The number of urea groups is 1. The second-order valence-corrected chi connectivity index (χ2v) is 4.59. The molecule has 0 aromatic heterocycles. The van der Waals surface area contributed by atoms with Crippen LogP contribution in [0.4, 0.5) is 4.79 Å². The molecule has 0 saturated heterocycles. The van der Waals surface area contributed by atoms with E-state index in [0.29, 0.717) is 13.1 Å². The Hall–Kier alpha value is -1.82. The zero-order valence-corrected chi connectivity index (χ0v) is 12.2. The molecule has 6 heteroatoms. The second kappa shape index (κ2) is 8.31. The molecule has 0 unspecified atom stereocenters. The number of hydrogen-bond acceptors (Lipinski definition) is 2. The Labute approximate surface area is 120 Å². The van der Waals surface area contributed by atoms with E-state index in [2.05, 4.69) is 31.9 Å². The van der Waals surface area contributed by atoms with Crippen LogP contribution in [-0.4, -0.2) is 25.0 Å². The van der Waals surface area contributed by atoms with Crippen molar-refractivity contribution in [3.63, 3.8) is 0 Å². The first-order valence-electron chi connectivity index (χ1n) is 5.79. The average molecular weight is 326 g/mol. The Morgan fingerprint density at radius 1 is 1.21 bits per heavy atom. The van der Waals surface area contributed by atoms with Gasteiger partial charge in [-0.2, -0.15) is 0 Å². The summed E-state index contributed by atoms with van der Waals surface area (Å²) in [5.74, 6) is -0.115. The third kappa shape index (κ3) is 6.61. The summed E-state index contributed by atoms with van der Waals surface area (Å²) in [6.45, 7) is 2.23. The molecule has 0 heterocycles. The molecular formula is C13H16BrN3O2. The SMILES string of the molecule is CC(=O)NCCNC(=O)N/C=C/c1ccccc1Br. The molecule has 0 radical (unpaired) electrons. The number of halogens is 1. The lowest BCUT2D eigenvalue weighted by Crippen LogP contribution is -2.37. The number of carbonyl (C=O) groups excluding carboxylic acids is 2. The first kappa shape index (κ1) is 15.2. The maximum atomic E-state index is 11.4. The van der Waals surface area contributed by atoms with Crippen molar-refractivity contribution >= 4 is 33.9 Å². The highest BCUT2D eigenvalue weighted by Gasteiger charge is 1.97. The first-order valence-corrected chi connectivity index (χ1v) is 6.59. The van der Waals surface area contributed by atoms with Crippen LogP contribution >= 0.6 is 15.9 Å². The van der Waals surface area contributed by atoms with Gasteiger partial charge in [0.15, 0.2) is 0 Å². The molecule has 0 spiro atoms. The molecule has 3 amide bonds. The molecule has 0 aliphatic heterocycles. The van der Waals surface area contributed by atoms with E-state index in [-0.39, 0.29) is 11.9 Å². The number of amides is 3. The van der Waals surface area contributed by atoms with E-state index in [9.17, 15) is 9.59 Å². The zero-order valence-electron chi connectivity index (χ0n) is 10.6. The molecule has 0 aliphatic rings. The molecule has 5 nitrogen and oxygen atoms in total. The van der Waals surface area contributed by atoms with Gasteiger partial charge in [0.05, 0.1) is 0 Å². The lowest BCUT2D eigenvalue weighted by Gasteiger charge is -2.05. The smallest absolute Gasteiger partial charge is 0.318 e. The van der Waals surface area contributed by atoms with Crippen molar-refractivity contribution in [2.24, 2.45) is 0 Å². The highest BCUT2D eigenvalue weighted by molar-refractivity contribution is 9.10. The minimum absolute atomic E-state index is 0.115. The van der Waals surface area contributed by atoms with Crippen LogP contribution in [0.1, 0.15) is 12.5 Å². The summed E-state index contributed by atoms with van der Waals surface area (Å²) in [6.07, 6.45) is 3.35. The second-order valence-electron chi connectivity index (χ2n) is 3.74. The predicted molar refractivity (Wildman–Crippen MR) is 78.4 cm³/mol. The Morgan fingerprint density at radius 3 is 2.58 bits per heavy atom. The standard InChI is InChI=1S/C13H16BrN3O2/c1-10(18)15-8-9-17-13(19)16-7-6-11-4-2-3-5-12(11)14/h2-7H,8-9H2,1H3,(H,15,18)(H2,16,17,19)/b7-6+. The van der Waals surface area contributed by atoms with E-state index in [1.807, 2.05) is 24.3 Å². The molecule has 0 atom stereocenters. The molecule has 0 fully saturated rings. The average Bonchev–Trinajstić information content (AvgIpc) is 2.37. The van der Waals surface area contributed by atoms with Crippen LogP contribution in [0, 0.1) is 0 Å². The molecule has 1 aromatic carbocycles. The van der Waals surface area contributed by atoms with Crippen molar-refractivity contribution in [2.75, 3.05) is 13.1 Å². The van der Waals surface area contributed by atoms with Crippen LogP contribution in [0.3, 0.4) is 0 Å². The van der Waals surface area contributed by atoms with Gasteiger partial charge in [0.1, 0.15) is 0 Å². The number of nitrogens with one attached hydrogen (secondary N) is 3. The fourth-order valence-electron chi connectivity index (χ4n) is 1.28. The molecule has 19 heavy (non-hydrogen) atoms. The number of carbonyl (C=O) groups is 2. The van der Waals surface area contributed by atoms with E-state index in [1.54, 1.807) is 12.3 Å².